The molecule has 2 aliphatic heterocycles. The van der Waals surface area contributed by atoms with E-state index >= 15 is 0 Å². The van der Waals surface area contributed by atoms with Gasteiger partial charge < -0.3 is 5.32 Å². The second-order valence-corrected chi connectivity index (χ2v) is 8.83. The average molecular weight is 293 g/mol. The number of rotatable bonds is 2. The summed E-state index contributed by atoms with van der Waals surface area (Å²) in [7, 11) is 0. The Labute approximate surface area is 132 Å². The zero-order valence-corrected chi connectivity index (χ0v) is 14.5. The second kappa shape index (κ2) is 6.58. The third-order valence-corrected chi connectivity index (χ3v) is 6.42. The fraction of sp³-hybridized carbons (Fsp3) is 1.00. The molecule has 0 aromatic heterocycles. The molecule has 3 rings (SSSR count). The van der Waals surface area contributed by atoms with Gasteiger partial charge in [-0.15, -0.1) is 0 Å². The molecule has 4 unspecified atom stereocenters. The smallest absolute Gasteiger partial charge is 0.0252 e. The summed E-state index contributed by atoms with van der Waals surface area (Å²) in [6.07, 6.45) is 12.9. The molecule has 0 aromatic rings. The summed E-state index contributed by atoms with van der Waals surface area (Å²) in [5.74, 6) is 0.897. The quantitative estimate of drug-likeness (QED) is 0.820. The van der Waals surface area contributed by atoms with E-state index < -0.39 is 0 Å². The first-order valence-electron chi connectivity index (χ1n) is 9.56. The first-order valence-corrected chi connectivity index (χ1v) is 9.56. The third kappa shape index (κ3) is 3.47. The van der Waals surface area contributed by atoms with Crippen molar-refractivity contribution in [2.45, 2.75) is 96.7 Å². The van der Waals surface area contributed by atoms with Crippen LogP contribution in [-0.2, 0) is 0 Å². The van der Waals surface area contributed by atoms with E-state index in [1.165, 1.54) is 70.9 Å². The van der Waals surface area contributed by atoms with Crippen LogP contribution < -0.4 is 5.32 Å². The maximum atomic E-state index is 3.81. The number of nitrogens with zero attached hydrogens (tertiary/aromatic N) is 1. The Bertz CT molecular complexity index is 327. The van der Waals surface area contributed by atoms with Gasteiger partial charge in [0.1, 0.15) is 0 Å². The highest BCUT2D eigenvalue weighted by Crippen LogP contribution is 2.42. The number of piperidine rings is 1. The van der Waals surface area contributed by atoms with E-state index in [1.54, 1.807) is 0 Å². The van der Waals surface area contributed by atoms with Gasteiger partial charge in [0.05, 0.1) is 0 Å². The minimum Gasteiger partial charge on any atom is -0.312 e. The van der Waals surface area contributed by atoms with E-state index in [9.17, 15) is 0 Å². The maximum Gasteiger partial charge on any atom is 0.0252 e. The standard InChI is InChI=1S/C19H36N2/c1-19(2,3)15-9-4-5-11-17(15)21-14-7-6-12-18(21)16-10-8-13-20-16/h15-18,20H,4-14H2,1-3H3. The summed E-state index contributed by atoms with van der Waals surface area (Å²) in [5, 5.41) is 3.81. The summed E-state index contributed by atoms with van der Waals surface area (Å²) in [6, 6.07) is 2.47. The number of nitrogens with one attached hydrogen (secondary N) is 1. The normalized spacial score (nSPS) is 39.6. The summed E-state index contributed by atoms with van der Waals surface area (Å²) in [5.41, 5.74) is 0.468. The Kier molecular flexibility index (Phi) is 4.95. The van der Waals surface area contributed by atoms with Crippen LogP contribution in [0.4, 0.5) is 0 Å². The number of hydrogen-bond acceptors (Lipinski definition) is 2. The van der Waals surface area contributed by atoms with Crippen molar-refractivity contribution in [3.05, 3.63) is 0 Å². The van der Waals surface area contributed by atoms with E-state index in [0.29, 0.717) is 5.41 Å². The van der Waals surface area contributed by atoms with Crippen LogP contribution in [0.25, 0.3) is 0 Å². The number of likely N-dealkylation sites (tertiary alicyclic amines) is 1. The molecule has 0 radical (unpaired) electrons. The molecule has 0 aromatic carbocycles. The van der Waals surface area contributed by atoms with Crippen LogP contribution in [0.2, 0.25) is 0 Å². The lowest BCUT2D eigenvalue weighted by Crippen LogP contribution is -2.58. The highest BCUT2D eigenvalue weighted by atomic mass is 15.2. The van der Waals surface area contributed by atoms with Crippen molar-refractivity contribution in [2.75, 3.05) is 13.1 Å². The Morgan fingerprint density at radius 2 is 1.52 bits per heavy atom. The fourth-order valence-corrected chi connectivity index (χ4v) is 5.38. The van der Waals surface area contributed by atoms with Crippen LogP contribution in [0.5, 0.6) is 0 Å². The lowest BCUT2D eigenvalue weighted by atomic mass is 9.68. The molecule has 2 heteroatoms. The van der Waals surface area contributed by atoms with Crippen LogP contribution in [-0.4, -0.2) is 36.1 Å². The van der Waals surface area contributed by atoms with Gasteiger partial charge in [0, 0.05) is 18.1 Å². The van der Waals surface area contributed by atoms with Crippen molar-refractivity contribution in [1.82, 2.24) is 10.2 Å². The van der Waals surface area contributed by atoms with Gasteiger partial charge in [-0.05, 0) is 62.9 Å². The summed E-state index contributed by atoms with van der Waals surface area (Å²) >= 11 is 0. The minimum absolute atomic E-state index is 0.468. The molecule has 3 aliphatic rings. The van der Waals surface area contributed by atoms with Gasteiger partial charge in [0.25, 0.3) is 0 Å². The second-order valence-electron chi connectivity index (χ2n) is 8.83. The monoisotopic (exact) mass is 292 g/mol. The summed E-state index contributed by atoms with van der Waals surface area (Å²) < 4.78 is 0. The Morgan fingerprint density at radius 1 is 0.810 bits per heavy atom. The molecule has 2 heterocycles. The van der Waals surface area contributed by atoms with E-state index in [4.69, 9.17) is 0 Å². The first-order chi connectivity index (χ1) is 10.1. The van der Waals surface area contributed by atoms with Crippen LogP contribution in [0, 0.1) is 11.3 Å². The van der Waals surface area contributed by atoms with Crippen molar-refractivity contribution in [3.63, 3.8) is 0 Å². The molecule has 0 bridgehead atoms. The fourth-order valence-electron chi connectivity index (χ4n) is 5.38. The lowest BCUT2D eigenvalue weighted by molar-refractivity contribution is -0.0103. The van der Waals surface area contributed by atoms with Crippen molar-refractivity contribution in [2.24, 2.45) is 11.3 Å². The molecule has 21 heavy (non-hydrogen) atoms. The molecule has 4 atom stereocenters. The Morgan fingerprint density at radius 3 is 2.24 bits per heavy atom. The molecule has 122 valence electrons. The molecular formula is C19H36N2. The molecule has 0 amide bonds. The average Bonchev–Trinajstić information content (AvgIpc) is 3.00. The highest BCUT2D eigenvalue weighted by Gasteiger charge is 2.42. The van der Waals surface area contributed by atoms with Gasteiger partial charge in [-0.25, -0.2) is 0 Å². The Hall–Kier alpha value is -0.0800. The van der Waals surface area contributed by atoms with Crippen LogP contribution in [0.3, 0.4) is 0 Å². The van der Waals surface area contributed by atoms with Gasteiger partial charge in [0.2, 0.25) is 0 Å². The molecule has 1 N–H and O–H groups in total. The topological polar surface area (TPSA) is 15.3 Å². The SMILES string of the molecule is CC(C)(C)C1CCCCC1N1CCCCC1C1CCCN1. The molecule has 3 fully saturated rings. The van der Waals surface area contributed by atoms with Gasteiger partial charge in [-0.1, -0.05) is 40.0 Å². The molecule has 1 aliphatic carbocycles. The predicted octanol–water partition coefficient (Wildman–Crippen LogP) is 4.20. The van der Waals surface area contributed by atoms with Gasteiger partial charge in [-0.2, -0.15) is 0 Å². The van der Waals surface area contributed by atoms with Crippen LogP contribution >= 0.6 is 0 Å². The van der Waals surface area contributed by atoms with Crippen molar-refractivity contribution >= 4 is 0 Å². The highest BCUT2D eigenvalue weighted by molar-refractivity contribution is 4.97. The molecule has 0 spiro atoms. The van der Waals surface area contributed by atoms with Crippen LogP contribution in [0.1, 0.15) is 78.6 Å². The van der Waals surface area contributed by atoms with Crippen molar-refractivity contribution < 1.29 is 0 Å². The zero-order chi connectivity index (χ0) is 14.9. The largest absolute Gasteiger partial charge is 0.312 e. The molecule has 2 nitrogen and oxygen atoms in total. The van der Waals surface area contributed by atoms with E-state index in [2.05, 4.69) is 31.0 Å². The Balaban J connectivity index is 1.77. The third-order valence-electron chi connectivity index (χ3n) is 6.42. The number of hydrogen-bond donors (Lipinski definition) is 1. The van der Waals surface area contributed by atoms with E-state index in [0.717, 1.165) is 24.0 Å². The first kappa shape index (κ1) is 15.8. The van der Waals surface area contributed by atoms with Crippen molar-refractivity contribution in [3.8, 4) is 0 Å². The lowest BCUT2D eigenvalue weighted by Gasteiger charge is -2.51. The zero-order valence-electron chi connectivity index (χ0n) is 14.5. The van der Waals surface area contributed by atoms with Crippen molar-refractivity contribution in [1.29, 1.82) is 0 Å². The van der Waals surface area contributed by atoms with E-state index in [-0.39, 0.29) is 0 Å². The van der Waals surface area contributed by atoms with Gasteiger partial charge >= 0.3 is 0 Å². The van der Waals surface area contributed by atoms with Gasteiger partial charge in [0.15, 0.2) is 0 Å². The summed E-state index contributed by atoms with van der Waals surface area (Å²) in [6.45, 7) is 10.0. The van der Waals surface area contributed by atoms with E-state index in [1.807, 2.05) is 0 Å². The van der Waals surface area contributed by atoms with Gasteiger partial charge in [-0.3, -0.25) is 4.90 Å². The molecular weight excluding hydrogens is 256 g/mol. The molecule has 1 saturated carbocycles. The summed E-state index contributed by atoms with van der Waals surface area (Å²) in [4.78, 5) is 2.97. The molecule has 2 saturated heterocycles. The predicted molar refractivity (Wildman–Crippen MR) is 90.6 cm³/mol. The van der Waals surface area contributed by atoms with Crippen LogP contribution in [0.15, 0.2) is 0 Å². The maximum absolute atomic E-state index is 3.81. The minimum atomic E-state index is 0.468.